The molecule has 0 spiro atoms. The van der Waals surface area contributed by atoms with Crippen LogP contribution in [0.1, 0.15) is 31.7 Å². The summed E-state index contributed by atoms with van der Waals surface area (Å²) >= 11 is 6.07. The molecular formula is C21H27Cl2NO3. The standard InChI is InChI=1S/C21H26ClNO3.ClH/c1-14(2)15-7-9-16(10-8-15)26-17-11-19(23-12-17)20(24)13-25-21-6-4-3-5-18(21)22;/h3-10,14,17,19-20,23-24H,11-13H2,1-2H3;1H/t17-,19?,20+;/m1./s1. The van der Waals surface area contributed by atoms with Gasteiger partial charge in [0.1, 0.15) is 30.3 Å². The monoisotopic (exact) mass is 411 g/mol. The van der Waals surface area contributed by atoms with Gasteiger partial charge in [0, 0.05) is 19.0 Å². The summed E-state index contributed by atoms with van der Waals surface area (Å²) < 4.78 is 11.7. The molecule has 3 atom stereocenters. The highest BCUT2D eigenvalue weighted by Crippen LogP contribution is 2.25. The van der Waals surface area contributed by atoms with Gasteiger partial charge in [0.05, 0.1) is 5.02 Å². The number of hydrogen-bond acceptors (Lipinski definition) is 4. The summed E-state index contributed by atoms with van der Waals surface area (Å²) in [5, 5.41) is 14.3. The van der Waals surface area contributed by atoms with E-state index in [0.717, 1.165) is 12.2 Å². The summed E-state index contributed by atoms with van der Waals surface area (Å²) in [5.74, 6) is 1.96. The third kappa shape index (κ3) is 6.01. The van der Waals surface area contributed by atoms with Crippen LogP contribution in [0.15, 0.2) is 48.5 Å². The van der Waals surface area contributed by atoms with Crippen LogP contribution < -0.4 is 14.8 Å². The fraction of sp³-hybridized carbons (Fsp3) is 0.429. The zero-order valence-corrected chi connectivity index (χ0v) is 17.2. The minimum Gasteiger partial charge on any atom is -0.489 e. The lowest BCUT2D eigenvalue weighted by Crippen LogP contribution is -2.38. The Morgan fingerprint density at radius 1 is 1.15 bits per heavy atom. The van der Waals surface area contributed by atoms with E-state index in [1.165, 1.54) is 5.56 Å². The molecule has 6 heteroatoms. The summed E-state index contributed by atoms with van der Waals surface area (Å²) in [7, 11) is 0. The van der Waals surface area contributed by atoms with E-state index in [-0.39, 0.29) is 31.2 Å². The van der Waals surface area contributed by atoms with Gasteiger partial charge in [0.2, 0.25) is 0 Å². The number of halogens is 2. The van der Waals surface area contributed by atoms with Gasteiger partial charge in [-0.2, -0.15) is 0 Å². The van der Waals surface area contributed by atoms with Crippen LogP contribution in [0, 0.1) is 0 Å². The topological polar surface area (TPSA) is 50.7 Å². The maximum atomic E-state index is 10.4. The molecule has 1 aliphatic rings. The Morgan fingerprint density at radius 3 is 2.52 bits per heavy atom. The normalized spacial score (nSPS) is 20.2. The predicted octanol–water partition coefficient (Wildman–Crippen LogP) is 4.43. The van der Waals surface area contributed by atoms with Crippen molar-refractivity contribution < 1.29 is 14.6 Å². The second-order valence-electron chi connectivity index (χ2n) is 7.02. The first-order valence-electron chi connectivity index (χ1n) is 9.08. The maximum Gasteiger partial charge on any atom is 0.138 e. The molecule has 4 nitrogen and oxygen atoms in total. The van der Waals surface area contributed by atoms with Crippen LogP contribution in [0.25, 0.3) is 0 Å². The molecule has 1 saturated heterocycles. The lowest BCUT2D eigenvalue weighted by atomic mass is 10.0. The molecule has 1 aliphatic heterocycles. The quantitative estimate of drug-likeness (QED) is 0.706. The van der Waals surface area contributed by atoms with Crippen LogP contribution in [0.3, 0.4) is 0 Å². The first kappa shape index (κ1) is 21.8. The van der Waals surface area contributed by atoms with Crippen LogP contribution in [0.4, 0.5) is 0 Å². The van der Waals surface area contributed by atoms with E-state index in [0.29, 0.717) is 23.2 Å². The van der Waals surface area contributed by atoms with Gasteiger partial charge >= 0.3 is 0 Å². The molecule has 0 saturated carbocycles. The van der Waals surface area contributed by atoms with Crippen molar-refractivity contribution >= 4 is 24.0 Å². The second kappa shape index (κ2) is 10.2. The highest BCUT2D eigenvalue weighted by molar-refractivity contribution is 6.32. The molecule has 3 rings (SSSR count). The number of aliphatic hydroxyl groups excluding tert-OH is 1. The minimum atomic E-state index is -0.622. The molecule has 2 aromatic carbocycles. The smallest absolute Gasteiger partial charge is 0.138 e. The molecule has 0 radical (unpaired) electrons. The van der Waals surface area contributed by atoms with Gasteiger partial charge in [-0.05, 0) is 35.7 Å². The van der Waals surface area contributed by atoms with Crippen LogP contribution >= 0.6 is 24.0 Å². The Bertz CT molecular complexity index is 709. The lowest BCUT2D eigenvalue weighted by Gasteiger charge is -2.19. The highest BCUT2D eigenvalue weighted by atomic mass is 35.5. The maximum absolute atomic E-state index is 10.4. The Kier molecular flexibility index (Phi) is 8.24. The highest BCUT2D eigenvalue weighted by Gasteiger charge is 2.31. The summed E-state index contributed by atoms with van der Waals surface area (Å²) in [6, 6.07) is 15.4. The number of benzene rings is 2. The van der Waals surface area contributed by atoms with Gasteiger partial charge in [0.25, 0.3) is 0 Å². The zero-order valence-electron chi connectivity index (χ0n) is 15.6. The third-order valence-electron chi connectivity index (χ3n) is 4.68. The van der Waals surface area contributed by atoms with E-state index in [4.69, 9.17) is 21.1 Å². The molecule has 27 heavy (non-hydrogen) atoms. The van der Waals surface area contributed by atoms with Gasteiger partial charge in [-0.1, -0.05) is 49.7 Å². The fourth-order valence-corrected chi connectivity index (χ4v) is 3.28. The van der Waals surface area contributed by atoms with Gasteiger partial charge in [-0.25, -0.2) is 0 Å². The molecule has 2 aromatic rings. The van der Waals surface area contributed by atoms with Crippen molar-refractivity contribution in [1.82, 2.24) is 5.32 Å². The van der Waals surface area contributed by atoms with Crippen molar-refractivity contribution in [2.45, 2.75) is 44.4 Å². The summed E-state index contributed by atoms with van der Waals surface area (Å²) in [4.78, 5) is 0. The van der Waals surface area contributed by atoms with E-state index >= 15 is 0 Å². The van der Waals surface area contributed by atoms with Crippen molar-refractivity contribution in [3.8, 4) is 11.5 Å². The van der Waals surface area contributed by atoms with Crippen molar-refractivity contribution in [2.75, 3.05) is 13.2 Å². The second-order valence-corrected chi connectivity index (χ2v) is 7.43. The average molecular weight is 412 g/mol. The van der Waals surface area contributed by atoms with Crippen molar-refractivity contribution in [1.29, 1.82) is 0 Å². The van der Waals surface area contributed by atoms with Crippen molar-refractivity contribution in [2.24, 2.45) is 0 Å². The van der Waals surface area contributed by atoms with Crippen LogP contribution in [-0.2, 0) is 0 Å². The fourth-order valence-electron chi connectivity index (χ4n) is 3.09. The third-order valence-corrected chi connectivity index (χ3v) is 5.00. The Labute approximate surface area is 172 Å². The van der Waals surface area contributed by atoms with Crippen molar-refractivity contribution in [3.05, 3.63) is 59.1 Å². The molecular weight excluding hydrogens is 385 g/mol. The van der Waals surface area contributed by atoms with Gasteiger partial charge in [-0.15, -0.1) is 12.4 Å². The Morgan fingerprint density at radius 2 is 1.85 bits per heavy atom. The van der Waals surface area contributed by atoms with Crippen molar-refractivity contribution in [3.63, 3.8) is 0 Å². The molecule has 0 amide bonds. The minimum absolute atomic E-state index is 0. The number of para-hydroxylation sites is 1. The molecule has 0 bridgehead atoms. The Hall–Kier alpha value is -1.46. The lowest BCUT2D eigenvalue weighted by molar-refractivity contribution is 0.0756. The average Bonchev–Trinajstić information content (AvgIpc) is 3.10. The van der Waals surface area contributed by atoms with Crippen LogP contribution in [0.2, 0.25) is 5.02 Å². The van der Waals surface area contributed by atoms with Crippen LogP contribution in [-0.4, -0.2) is 36.5 Å². The largest absolute Gasteiger partial charge is 0.489 e. The molecule has 1 fully saturated rings. The molecule has 148 valence electrons. The zero-order chi connectivity index (χ0) is 18.5. The Balaban J connectivity index is 0.00000261. The van der Waals surface area contributed by atoms with E-state index in [9.17, 15) is 5.11 Å². The van der Waals surface area contributed by atoms with Gasteiger partial charge < -0.3 is 19.9 Å². The van der Waals surface area contributed by atoms with E-state index < -0.39 is 6.10 Å². The molecule has 0 aliphatic carbocycles. The predicted molar refractivity (Wildman–Crippen MR) is 112 cm³/mol. The summed E-state index contributed by atoms with van der Waals surface area (Å²) in [6.07, 6.45) is 0.155. The molecule has 0 aromatic heterocycles. The first-order valence-corrected chi connectivity index (χ1v) is 9.46. The first-order chi connectivity index (χ1) is 12.5. The number of rotatable bonds is 7. The van der Waals surface area contributed by atoms with Crippen LogP contribution in [0.5, 0.6) is 11.5 Å². The van der Waals surface area contributed by atoms with E-state index in [1.54, 1.807) is 12.1 Å². The summed E-state index contributed by atoms with van der Waals surface area (Å²) in [6.45, 7) is 5.25. The number of nitrogens with one attached hydrogen (secondary N) is 1. The summed E-state index contributed by atoms with van der Waals surface area (Å²) in [5.41, 5.74) is 1.30. The molecule has 2 N–H and O–H groups in total. The van der Waals surface area contributed by atoms with Gasteiger partial charge in [-0.3, -0.25) is 0 Å². The van der Waals surface area contributed by atoms with Gasteiger partial charge in [0.15, 0.2) is 0 Å². The SMILES string of the molecule is CC(C)c1ccc(O[C@H]2CNC([C@@H](O)COc3ccccc3Cl)C2)cc1.Cl. The molecule has 1 heterocycles. The van der Waals surface area contributed by atoms with E-state index in [2.05, 4.69) is 31.3 Å². The number of aliphatic hydroxyl groups is 1. The molecule has 1 unspecified atom stereocenters. The van der Waals surface area contributed by atoms with E-state index in [1.807, 2.05) is 24.3 Å². The number of hydrogen-bond donors (Lipinski definition) is 2. The number of ether oxygens (including phenoxy) is 2.